The van der Waals surface area contributed by atoms with E-state index in [4.69, 9.17) is 0 Å². The maximum Gasteiger partial charge on any atom is 0.171 e. The molecule has 0 fully saturated rings. The summed E-state index contributed by atoms with van der Waals surface area (Å²) in [5, 5.41) is 2.75. The molecule has 1 atom stereocenters. The summed E-state index contributed by atoms with van der Waals surface area (Å²) >= 11 is 0. The van der Waals surface area contributed by atoms with Gasteiger partial charge in [-0.05, 0) is 42.8 Å². The fourth-order valence-corrected chi connectivity index (χ4v) is 11.3. The normalized spacial score (nSPS) is 13.3. The number of benzene rings is 3. The molecule has 5 heteroatoms. The summed E-state index contributed by atoms with van der Waals surface area (Å²) in [6.07, 6.45) is 0.957. The Labute approximate surface area is 162 Å². The molecule has 0 spiro atoms. The molecule has 0 N–H and O–H groups in total. The van der Waals surface area contributed by atoms with E-state index < -0.39 is 22.4 Å². The fourth-order valence-electron chi connectivity index (χ4n) is 3.71. The van der Waals surface area contributed by atoms with Crippen LogP contribution in [0.1, 0.15) is 19.8 Å². The van der Waals surface area contributed by atoms with Crippen molar-refractivity contribution < 1.29 is 13.0 Å². The Morgan fingerprint density at radius 2 is 1.07 bits per heavy atom. The zero-order chi connectivity index (χ0) is 19.3. The van der Waals surface area contributed by atoms with Crippen LogP contribution < -0.4 is 15.9 Å². The lowest BCUT2D eigenvalue weighted by Crippen LogP contribution is -2.42. The van der Waals surface area contributed by atoms with Crippen LogP contribution >= 0.6 is 7.26 Å². The molecular weight excluding hydrogens is 375 g/mol. The lowest BCUT2D eigenvalue weighted by atomic mass is 10.3. The Kier molecular flexibility index (Phi) is 6.11. The monoisotopic (exact) mass is 398 g/mol. The van der Waals surface area contributed by atoms with Gasteiger partial charge in [-0.2, -0.15) is 0 Å². The molecule has 3 aromatic rings. The first-order chi connectivity index (χ1) is 13.0. The molecular formula is C22H23O3PS. The van der Waals surface area contributed by atoms with Crippen molar-refractivity contribution in [2.45, 2.75) is 24.8 Å². The predicted octanol–water partition coefficient (Wildman–Crippen LogP) is 3.65. The van der Waals surface area contributed by atoms with E-state index >= 15 is 0 Å². The van der Waals surface area contributed by atoms with E-state index in [0.717, 1.165) is 15.9 Å². The quantitative estimate of drug-likeness (QED) is 0.451. The van der Waals surface area contributed by atoms with Crippen LogP contribution in [0.4, 0.5) is 0 Å². The molecule has 3 rings (SSSR count). The van der Waals surface area contributed by atoms with Gasteiger partial charge in [0.25, 0.3) is 0 Å². The Morgan fingerprint density at radius 1 is 0.741 bits per heavy atom. The minimum Gasteiger partial charge on any atom is -0.745 e. The van der Waals surface area contributed by atoms with Gasteiger partial charge in [-0.3, -0.25) is 0 Å². The summed E-state index contributed by atoms with van der Waals surface area (Å²) in [4.78, 5) is -0.998. The minimum atomic E-state index is -4.53. The first-order valence-electron chi connectivity index (χ1n) is 9.01. The van der Waals surface area contributed by atoms with Crippen LogP contribution in [0.3, 0.4) is 0 Å². The van der Waals surface area contributed by atoms with Gasteiger partial charge in [-0.15, -0.1) is 0 Å². The summed E-state index contributed by atoms with van der Waals surface area (Å²) in [6.45, 7) is 1.92. The summed E-state index contributed by atoms with van der Waals surface area (Å²) in [7, 11) is -7.23. The fraction of sp³-hybridized carbons (Fsp3) is 0.182. The molecule has 0 radical (unpaired) electrons. The van der Waals surface area contributed by atoms with Crippen molar-refractivity contribution in [2.75, 3.05) is 0 Å². The van der Waals surface area contributed by atoms with Crippen molar-refractivity contribution in [3.63, 3.8) is 0 Å². The molecule has 0 aromatic heterocycles. The third-order valence-electron chi connectivity index (χ3n) is 4.79. The van der Waals surface area contributed by atoms with Gasteiger partial charge in [0.15, 0.2) is 4.99 Å². The van der Waals surface area contributed by atoms with Gasteiger partial charge in [-0.25, -0.2) is 8.42 Å². The molecule has 0 amide bonds. The molecule has 1 unspecified atom stereocenters. The van der Waals surface area contributed by atoms with Crippen molar-refractivity contribution in [2.24, 2.45) is 0 Å². The Balaban J connectivity index is 2.46. The van der Waals surface area contributed by atoms with Crippen molar-refractivity contribution in [3.05, 3.63) is 91.0 Å². The molecule has 3 aromatic carbocycles. The summed E-state index contributed by atoms with van der Waals surface area (Å²) in [5.41, 5.74) is 0. The highest BCUT2D eigenvalue weighted by molar-refractivity contribution is 8.08. The molecule has 0 aliphatic rings. The highest BCUT2D eigenvalue weighted by atomic mass is 32.2. The third-order valence-corrected chi connectivity index (χ3v) is 11.9. The van der Waals surface area contributed by atoms with Crippen LogP contribution in [0.25, 0.3) is 0 Å². The van der Waals surface area contributed by atoms with Crippen molar-refractivity contribution in [1.82, 2.24) is 0 Å². The van der Waals surface area contributed by atoms with Gasteiger partial charge >= 0.3 is 0 Å². The summed E-state index contributed by atoms with van der Waals surface area (Å²) in [6, 6.07) is 29.0. The van der Waals surface area contributed by atoms with Crippen molar-refractivity contribution >= 4 is 33.3 Å². The Morgan fingerprint density at radius 3 is 1.33 bits per heavy atom. The number of rotatable bonds is 7. The molecule has 0 aliphatic carbocycles. The molecule has 27 heavy (non-hydrogen) atoms. The lowest BCUT2D eigenvalue weighted by molar-refractivity contribution is 0.456. The van der Waals surface area contributed by atoms with Crippen LogP contribution in [0.15, 0.2) is 91.0 Å². The van der Waals surface area contributed by atoms with Crippen molar-refractivity contribution in [1.29, 1.82) is 0 Å². The Hall–Kier alpha value is -2.00. The average molecular weight is 398 g/mol. The second kappa shape index (κ2) is 8.35. The predicted molar refractivity (Wildman–Crippen MR) is 114 cm³/mol. The number of hydrogen-bond acceptors (Lipinski definition) is 3. The average Bonchev–Trinajstić information content (AvgIpc) is 2.70. The maximum absolute atomic E-state index is 12.6. The minimum absolute atomic E-state index is 0.332. The second-order valence-electron chi connectivity index (χ2n) is 6.47. The van der Waals surface area contributed by atoms with Gasteiger partial charge in [0.2, 0.25) is 0 Å². The molecule has 0 aliphatic heterocycles. The van der Waals surface area contributed by atoms with E-state index in [1.807, 2.05) is 97.9 Å². The van der Waals surface area contributed by atoms with Crippen LogP contribution in [0.2, 0.25) is 0 Å². The second-order valence-corrected chi connectivity index (χ2v) is 12.0. The van der Waals surface area contributed by atoms with Crippen LogP contribution in [-0.2, 0) is 10.1 Å². The standard InChI is InChI=1S/C22H23O3PS/c1-2-12-22(27(23,24)25)26(19-13-6-3-7-14-19,20-15-8-4-9-16-20)21-17-10-5-11-18-21/h3-11,13-18,22H,2,12H2,1H3. The molecule has 0 heterocycles. The first kappa shape index (κ1) is 19.8. The van der Waals surface area contributed by atoms with E-state index in [9.17, 15) is 13.0 Å². The molecule has 0 bridgehead atoms. The molecule has 140 valence electrons. The van der Waals surface area contributed by atoms with Crippen molar-refractivity contribution in [3.8, 4) is 0 Å². The maximum atomic E-state index is 12.6. The van der Waals surface area contributed by atoms with Gasteiger partial charge in [0.05, 0.1) is 0 Å². The van der Waals surface area contributed by atoms with E-state index in [0.29, 0.717) is 12.8 Å². The zero-order valence-electron chi connectivity index (χ0n) is 15.2. The topological polar surface area (TPSA) is 57.2 Å². The van der Waals surface area contributed by atoms with Crippen LogP contribution in [0.5, 0.6) is 0 Å². The SMILES string of the molecule is CCCC([P+](c1ccccc1)(c1ccccc1)c1ccccc1)S(=O)(=O)[O-]. The highest BCUT2D eigenvalue weighted by Gasteiger charge is 2.54. The van der Waals surface area contributed by atoms with Gasteiger partial charge in [0.1, 0.15) is 33.3 Å². The molecule has 0 saturated heterocycles. The molecule has 3 nitrogen and oxygen atoms in total. The zero-order valence-corrected chi connectivity index (χ0v) is 16.9. The summed E-state index contributed by atoms with van der Waals surface area (Å²) in [5.74, 6) is 0. The highest BCUT2D eigenvalue weighted by Crippen LogP contribution is 2.62. The van der Waals surface area contributed by atoms with Gasteiger partial charge in [0, 0.05) is 0 Å². The number of hydrogen-bond donors (Lipinski definition) is 0. The van der Waals surface area contributed by atoms with Crippen LogP contribution in [0, 0.1) is 0 Å². The van der Waals surface area contributed by atoms with E-state index in [1.165, 1.54) is 0 Å². The largest absolute Gasteiger partial charge is 0.745 e. The van der Waals surface area contributed by atoms with Gasteiger partial charge < -0.3 is 4.55 Å². The Bertz CT molecular complexity index is 862. The van der Waals surface area contributed by atoms with E-state index in [2.05, 4.69) is 0 Å². The third kappa shape index (κ3) is 3.84. The molecule has 0 saturated carbocycles. The van der Waals surface area contributed by atoms with Crippen LogP contribution in [-0.4, -0.2) is 18.0 Å². The van der Waals surface area contributed by atoms with E-state index in [1.54, 1.807) is 0 Å². The lowest BCUT2D eigenvalue weighted by Gasteiger charge is -2.35. The smallest absolute Gasteiger partial charge is 0.171 e. The first-order valence-corrected chi connectivity index (χ1v) is 12.3. The summed E-state index contributed by atoms with van der Waals surface area (Å²) < 4.78 is 37.7. The van der Waals surface area contributed by atoms with E-state index in [-0.39, 0.29) is 0 Å². The van der Waals surface area contributed by atoms with Gasteiger partial charge in [-0.1, -0.05) is 67.9 Å².